The number of nitrogens with one attached hydrogen (secondary N) is 1. The zero-order valence-corrected chi connectivity index (χ0v) is 20.1. The van der Waals surface area contributed by atoms with Gasteiger partial charge in [-0.25, -0.2) is 19.7 Å². The molecule has 1 saturated heterocycles. The van der Waals surface area contributed by atoms with Crippen molar-refractivity contribution in [3.8, 4) is 11.3 Å². The lowest BCUT2D eigenvalue weighted by molar-refractivity contribution is 0.0594. The number of ether oxygens (including phenoxy) is 2. The van der Waals surface area contributed by atoms with Crippen molar-refractivity contribution in [3.05, 3.63) is 54.6 Å². The average Bonchev–Trinajstić information content (AvgIpc) is 3.66. The molecule has 184 valence electrons. The number of carbonyl (C=O) groups excluding carboxylic acids is 1. The smallest absolute Gasteiger partial charge is 0.356 e. The topological polar surface area (TPSA) is 107 Å². The fraction of sp³-hybridized carbons (Fsp3) is 0.346. The van der Waals surface area contributed by atoms with Crippen LogP contribution in [0.2, 0.25) is 0 Å². The number of methoxy groups -OCH3 is 1. The van der Waals surface area contributed by atoms with Crippen molar-refractivity contribution in [2.45, 2.75) is 19.4 Å². The number of benzene rings is 1. The van der Waals surface area contributed by atoms with E-state index in [0.717, 1.165) is 47.8 Å². The molecular formula is C26H27N7O3. The highest BCUT2D eigenvalue weighted by Crippen LogP contribution is 2.32. The number of morpholine rings is 1. The second-order valence-corrected chi connectivity index (χ2v) is 9.13. The number of aromatic nitrogens is 5. The van der Waals surface area contributed by atoms with Crippen LogP contribution in [-0.2, 0) is 16.0 Å². The van der Waals surface area contributed by atoms with Crippen LogP contribution in [0.15, 0.2) is 48.9 Å². The van der Waals surface area contributed by atoms with Crippen LogP contribution in [0.1, 0.15) is 23.3 Å². The first-order chi connectivity index (χ1) is 17.7. The van der Waals surface area contributed by atoms with Crippen molar-refractivity contribution in [3.63, 3.8) is 0 Å². The van der Waals surface area contributed by atoms with Gasteiger partial charge < -0.3 is 24.3 Å². The summed E-state index contributed by atoms with van der Waals surface area (Å²) >= 11 is 0. The van der Waals surface area contributed by atoms with Gasteiger partial charge in [-0.15, -0.1) is 0 Å². The quantitative estimate of drug-likeness (QED) is 0.392. The van der Waals surface area contributed by atoms with Gasteiger partial charge >= 0.3 is 5.97 Å². The van der Waals surface area contributed by atoms with E-state index in [9.17, 15) is 4.79 Å². The first kappa shape index (κ1) is 22.4. The molecule has 0 spiro atoms. The summed E-state index contributed by atoms with van der Waals surface area (Å²) in [5.74, 6) is 1.57. The van der Waals surface area contributed by atoms with E-state index in [1.165, 1.54) is 20.0 Å². The summed E-state index contributed by atoms with van der Waals surface area (Å²) in [5, 5.41) is 3.30. The molecule has 10 heteroatoms. The minimum atomic E-state index is -0.476. The molecule has 4 heterocycles. The molecule has 1 saturated carbocycles. The number of fused-ring (bicyclic) bond motifs is 1. The van der Waals surface area contributed by atoms with Crippen molar-refractivity contribution in [1.29, 1.82) is 0 Å². The molecule has 1 aliphatic carbocycles. The van der Waals surface area contributed by atoms with E-state index in [-0.39, 0.29) is 5.69 Å². The molecule has 2 fully saturated rings. The highest BCUT2D eigenvalue weighted by atomic mass is 16.5. The fourth-order valence-electron chi connectivity index (χ4n) is 4.34. The Morgan fingerprint density at radius 3 is 2.72 bits per heavy atom. The summed E-state index contributed by atoms with van der Waals surface area (Å²) in [7, 11) is 1.33. The van der Waals surface area contributed by atoms with E-state index in [0.29, 0.717) is 30.7 Å². The summed E-state index contributed by atoms with van der Waals surface area (Å²) in [4.78, 5) is 32.3. The number of hydrogen-bond donors (Lipinski definition) is 1. The second-order valence-electron chi connectivity index (χ2n) is 9.13. The van der Waals surface area contributed by atoms with Crippen LogP contribution >= 0.6 is 0 Å². The van der Waals surface area contributed by atoms with Gasteiger partial charge in [0, 0.05) is 31.3 Å². The minimum absolute atomic E-state index is 0.245. The van der Waals surface area contributed by atoms with Crippen molar-refractivity contribution in [2.75, 3.05) is 43.6 Å². The third-order valence-electron chi connectivity index (χ3n) is 6.51. The average molecular weight is 486 g/mol. The largest absolute Gasteiger partial charge is 0.464 e. The summed E-state index contributed by atoms with van der Waals surface area (Å²) in [6, 6.07) is 11.6. The lowest BCUT2D eigenvalue weighted by Gasteiger charge is -2.27. The molecule has 0 bridgehead atoms. The molecular weight excluding hydrogens is 458 g/mol. The Morgan fingerprint density at radius 1 is 1.11 bits per heavy atom. The number of pyridine rings is 1. The molecule has 1 aliphatic heterocycles. The van der Waals surface area contributed by atoms with Crippen LogP contribution in [0.3, 0.4) is 0 Å². The fourth-order valence-corrected chi connectivity index (χ4v) is 4.34. The van der Waals surface area contributed by atoms with Crippen molar-refractivity contribution in [1.82, 2.24) is 24.5 Å². The van der Waals surface area contributed by atoms with E-state index in [1.54, 1.807) is 18.3 Å². The third kappa shape index (κ3) is 4.72. The van der Waals surface area contributed by atoms with E-state index in [4.69, 9.17) is 19.4 Å². The number of imidazole rings is 1. The van der Waals surface area contributed by atoms with Gasteiger partial charge in [0.25, 0.3) is 0 Å². The Kier molecular flexibility index (Phi) is 5.94. The SMILES string of the molecule is COC(=O)c1ccc(Nc2cc(-c3ccc4c(c3)ncn4CC3CC3)nc(N3CCOCC3)n2)cn1. The first-order valence-electron chi connectivity index (χ1n) is 12.1. The number of rotatable bonds is 7. The summed E-state index contributed by atoms with van der Waals surface area (Å²) in [5.41, 5.74) is 4.81. The summed E-state index contributed by atoms with van der Waals surface area (Å²) in [6.07, 6.45) is 6.13. The first-order valence-corrected chi connectivity index (χ1v) is 12.1. The predicted octanol–water partition coefficient (Wildman–Crippen LogP) is 3.67. The van der Waals surface area contributed by atoms with E-state index < -0.39 is 5.97 Å². The Balaban J connectivity index is 1.33. The summed E-state index contributed by atoms with van der Waals surface area (Å²) in [6.45, 7) is 3.76. The van der Waals surface area contributed by atoms with Crippen molar-refractivity contribution < 1.29 is 14.3 Å². The van der Waals surface area contributed by atoms with Gasteiger partial charge in [0.1, 0.15) is 11.5 Å². The number of esters is 1. The summed E-state index contributed by atoms with van der Waals surface area (Å²) < 4.78 is 12.5. The molecule has 36 heavy (non-hydrogen) atoms. The molecule has 6 rings (SSSR count). The Hall–Kier alpha value is -4.05. The molecule has 4 aromatic rings. The van der Waals surface area contributed by atoms with Crippen LogP contribution in [0.4, 0.5) is 17.5 Å². The van der Waals surface area contributed by atoms with E-state index >= 15 is 0 Å². The normalized spacial score (nSPS) is 15.8. The maximum absolute atomic E-state index is 11.7. The molecule has 0 unspecified atom stereocenters. The van der Waals surface area contributed by atoms with Crippen LogP contribution in [0.25, 0.3) is 22.3 Å². The van der Waals surface area contributed by atoms with Crippen LogP contribution in [0, 0.1) is 5.92 Å². The Bertz CT molecular complexity index is 1390. The standard InChI is InChI=1S/C26H27N7O3/c1-35-25(34)20-6-5-19(14-27-20)29-24-13-21(30-26(31-24)32-8-10-36-11-9-32)18-4-7-23-22(12-18)28-16-33(23)15-17-2-3-17/h4-7,12-14,16-17H,2-3,8-11,15H2,1H3,(H,29,30,31). The van der Waals surface area contributed by atoms with Gasteiger partial charge in [0.2, 0.25) is 5.95 Å². The number of nitrogens with zero attached hydrogens (tertiary/aromatic N) is 6. The lowest BCUT2D eigenvalue weighted by Crippen LogP contribution is -2.37. The Morgan fingerprint density at radius 2 is 1.97 bits per heavy atom. The molecule has 2 aliphatic rings. The Labute approximate surface area is 208 Å². The number of carbonyl (C=O) groups is 1. The molecule has 1 aromatic carbocycles. The number of hydrogen-bond acceptors (Lipinski definition) is 9. The zero-order valence-electron chi connectivity index (χ0n) is 20.1. The molecule has 0 radical (unpaired) electrons. The molecule has 0 amide bonds. The van der Waals surface area contributed by atoms with E-state index in [2.05, 4.69) is 43.0 Å². The van der Waals surface area contributed by atoms with Gasteiger partial charge in [-0.3, -0.25) is 0 Å². The van der Waals surface area contributed by atoms with Crippen molar-refractivity contribution in [2.24, 2.45) is 5.92 Å². The van der Waals surface area contributed by atoms with Gasteiger partial charge in [0.15, 0.2) is 0 Å². The predicted molar refractivity (Wildman–Crippen MR) is 135 cm³/mol. The van der Waals surface area contributed by atoms with Gasteiger partial charge in [-0.05, 0) is 43.0 Å². The van der Waals surface area contributed by atoms with E-state index in [1.807, 2.05) is 12.4 Å². The molecule has 3 aromatic heterocycles. The zero-order chi connectivity index (χ0) is 24.5. The van der Waals surface area contributed by atoms with Crippen molar-refractivity contribution >= 4 is 34.5 Å². The maximum Gasteiger partial charge on any atom is 0.356 e. The van der Waals surface area contributed by atoms with Crippen LogP contribution in [-0.4, -0.2) is 63.9 Å². The second kappa shape index (κ2) is 9.54. The number of anilines is 3. The third-order valence-corrected chi connectivity index (χ3v) is 6.51. The van der Waals surface area contributed by atoms with Gasteiger partial charge in [0.05, 0.1) is 55.3 Å². The van der Waals surface area contributed by atoms with Crippen LogP contribution < -0.4 is 10.2 Å². The van der Waals surface area contributed by atoms with Crippen LogP contribution in [0.5, 0.6) is 0 Å². The highest BCUT2D eigenvalue weighted by molar-refractivity contribution is 5.87. The molecule has 10 nitrogen and oxygen atoms in total. The van der Waals surface area contributed by atoms with Gasteiger partial charge in [-0.2, -0.15) is 4.98 Å². The lowest BCUT2D eigenvalue weighted by atomic mass is 10.1. The molecule has 0 atom stereocenters. The monoisotopic (exact) mass is 485 g/mol. The van der Waals surface area contributed by atoms with Gasteiger partial charge in [-0.1, -0.05) is 6.07 Å². The highest BCUT2D eigenvalue weighted by Gasteiger charge is 2.22. The molecule has 1 N–H and O–H groups in total. The maximum atomic E-state index is 11.7. The minimum Gasteiger partial charge on any atom is -0.464 e.